The van der Waals surface area contributed by atoms with Gasteiger partial charge in [-0.3, -0.25) is 14.5 Å². The number of aryl methyl sites for hydroxylation is 2. The monoisotopic (exact) mass is 435 g/mol. The Bertz CT molecular complexity index is 936. The van der Waals surface area contributed by atoms with E-state index in [2.05, 4.69) is 41.4 Å². The molecule has 170 valence electrons. The summed E-state index contributed by atoms with van der Waals surface area (Å²) < 4.78 is 6.16. The second-order valence-electron chi connectivity index (χ2n) is 8.93. The van der Waals surface area contributed by atoms with Crippen LogP contribution in [-0.4, -0.2) is 59.9 Å². The first kappa shape index (κ1) is 22.3. The fourth-order valence-corrected chi connectivity index (χ4v) is 4.49. The lowest BCUT2D eigenvalue weighted by molar-refractivity contribution is -0.140. The molecule has 0 aromatic heterocycles. The number of nitrogens with one attached hydrogen (secondary N) is 1. The van der Waals surface area contributed by atoms with Crippen molar-refractivity contribution in [2.24, 2.45) is 0 Å². The zero-order chi connectivity index (χ0) is 22.5. The van der Waals surface area contributed by atoms with Crippen LogP contribution in [0.15, 0.2) is 48.5 Å². The molecule has 2 aliphatic heterocycles. The van der Waals surface area contributed by atoms with Crippen molar-refractivity contribution in [2.45, 2.75) is 51.8 Å². The number of hydrogen-bond donors (Lipinski definition) is 1. The molecule has 4 rings (SSSR count). The number of benzene rings is 2. The summed E-state index contributed by atoms with van der Waals surface area (Å²) in [5, 5.41) is 2.93. The summed E-state index contributed by atoms with van der Waals surface area (Å²) in [5.41, 5.74) is 3.51. The molecule has 0 spiro atoms. The molecule has 0 saturated carbocycles. The van der Waals surface area contributed by atoms with Crippen LogP contribution in [0.3, 0.4) is 0 Å². The number of piperidine rings is 1. The van der Waals surface area contributed by atoms with Crippen LogP contribution in [-0.2, 0) is 16.1 Å². The van der Waals surface area contributed by atoms with Gasteiger partial charge in [-0.2, -0.15) is 0 Å². The lowest BCUT2D eigenvalue weighted by Gasteiger charge is -2.37. The number of amides is 2. The van der Waals surface area contributed by atoms with Crippen molar-refractivity contribution < 1.29 is 14.3 Å². The highest BCUT2D eigenvalue weighted by molar-refractivity contribution is 5.88. The van der Waals surface area contributed by atoms with E-state index in [1.54, 1.807) is 0 Å². The number of piperazine rings is 1. The zero-order valence-electron chi connectivity index (χ0n) is 19.0. The molecule has 32 heavy (non-hydrogen) atoms. The quantitative estimate of drug-likeness (QED) is 0.758. The highest BCUT2D eigenvalue weighted by Gasteiger charge is 2.34. The van der Waals surface area contributed by atoms with Crippen molar-refractivity contribution in [3.63, 3.8) is 0 Å². The van der Waals surface area contributed by atoms with E-state index in [9.17, 15) is 9.59 Å². The molecule has 0 aliphatic carbocycles. The number of rotatable bonds is 6. The predicted octanol–water partition coefficient (Wildman–Crippen LogP) is 3.06. The maximum absolute atomic E-state index is 13.1. The Labute approximate surface area is 190 Å². The van der Waals surface area contributed by atoms with E-state index in [0.717, 1.165) is 36.3 Å². The van der Waals surface area contributed by atoms with Crippen molar-refractivity contribution in [2.75, 3.05) is 26.2 Å². The number of ether oxygens (including phenoxy) is 1. The molecule has 2 amide bonds. The highest BCUT2D eigenvalue weighted by Crippen LogP contribution is 2.23. The van der Waals surface area contributed by atoms with Gasteiger partial charge in [-0.1, -0.05) is 48.0 Å². The molecule has 2 aromatic rings. The Hall–Kier alpha value is -2.86. The highest BCUT2D eigenvalue weighted by atomic mass is 16.5. The Morgan fingerprint density at radius 1 is 1.03 bits per heavy atom. The van der Waals surface area contributed by atoms with E-state index in [4.69, 9.17) is 4.74 Å². The first-order valence-corrected chi connectivity index (χ1v) is 11.6. The van der Waals surface area contributed by atoms with Gasteiger partial charge in [-0.05, 0) is 31.0 Å². The SMILES string of the molecule is Cc1ccc(CN2CCNC(=O)C2CC(=O)N2CCC(Oc3ccccc3C)CC2)cc1. The van der Waals surface area contributed by atoms with Crippen LogP contribution in [0.25, 0.3) is 0 Å². The molecule has 2 aliphatic rings. The molecule has 2 fully saturated rings. The van der Waals surface area contributed by atoms with Gasteiger partial charge >= 0.3 is 0 Å². The van der Waals surface area contributed by atoms with Gasteiger partial charge in [-0.25, -0.2) is 0 Å². The largest absolute Gasteiger partial charge is 0.490 e. The molecule has 0 bridgehead atoms. The van der Waals surface area contributed by atoms with Crippen molar-refractivity contribution in [1.29, 1.82) is 0 Å². The summed E-state index contributed by atoms with van der Waals surface area (Å²) in [5.74, 6) is 0.924. The Balaban J connectivity index is 1.32. The first-order chi connectivity index (χ1) is 15.5. The third kappa shape index (κ3) is 5.49. The van der Waals surface area contributed by atoms with Crippen LogP contribution in [0.4, 0.5) is 0 Å². The van der Waals surface area contributed by atoms with Crippen LogP contribution in [0, 0.1) is 13.8 Å². The smallest absolute Gasteiger partial charge is 0.237 e. The summed E-state index contributed by atoms with van der Waals surface area (Å²) in [4.78, 5) is 29.7. The fourth-order valence-electron chi connectivity index (χ4n) is 4.49. The summed E-state index contributed by atoms with van der Waals surface area (Å²) in [6.07, 6.45) is 1.96. The molecule has 1 N–H and O–H groups in total. The van der Waals surface area contributed by atoms with Crippen LogP contribution in [0.2, 0.25) is 0 Å². The maximum Gasteiger partial charge on any atom is 0.237 e. The van der Waals surface area contributed by atoms with E-state index in [1.165, 1.54) is 5.56 Å². The van der Waals surface area contributed by atoms with E-state index < -0.39 is 6.04 Å². The lowest BCUT2D eigenvalue weighted by Crippen LogP contribution is -2.56. The topological polar surface area (TPSA) is 61.9 Å². The molecule has 0 radical (unpaired) electrons. The van der Waals surface area contributed by atoms with E-state index >= 15 is 0 Å². The molecule has 2 heterocycles. The van der Waals surface area contributed by atoms with Crippen molar-refractivity contribution >= 4 is 11.8 Å². The molecular weight excluding hydrogens is 402 g/mol. The average molecular weight is 436 g/mol. The van der Waals surface area contributed by atoms with Gasteiger partial charge in [0.2, 0.25) is 11.8 Å². The fraction of sp³-hybridized carbons (Fsp3) is 0.462. The Morgan fingerprint density at radius 2 is 1.75 bits per heavy atom. The van der Waals surface area contributed by atoms with Gasteiger partial charge in [0.05, 0.1) is 12.5 Å². The van der Waals surface area contributed by atoms with Gasteiger partial charge in [0.15, 0.2) is 0 Å². The van der Waals surface area contributed by atoms with E-state index in [1.807, 2.05) is 36.1 Å². The normalized spacial score (nSPS) is 20.1. The molecule has 6 heteroatoms. The number of nitrogens with zero attached hydrogens (tertiary/aromatic N) is 2. The van der Waals surface area contributed by atoms with Gasteiger partial charge in [0.1, 0.15) is 11.9 Å². The first-order valence-electron chi connectivity index (χ1n) is 11.6. The second kappa shape index (κ2) is 10.2. The summed E-state index contributed by atoms with van der Waals surface area (Å²) in [6.45, 7) is 7.50. The zero-order valence-corrected chi connectivity index (χ0v) is 19.0. The molecule has 2 aromatic carbocycles. The van der Waals surface area contributed by atoms with Crippen molar-refractivity contribution in [1.82, 2.24) is 15.1 Å². The number of carbonyl (C=O) groups excluding carboxylic acids is 2. The number of para-hydroxylation sites is 1. The minimum Gasteiger partial charge on any atom is -0.490 e. The van der Waals surface area contributed by atoms with Gasteiger partial charge < -0.3 is 15.0 Å². The lowest BCUT2D eigenvalue weighted by atomic mass is 10.0. The van der Waals surface area contributed by atoms with Crippen LogP contribution in [0.1, 0.15) is 36.0 Å². The summed E-state index contributed by atoms with van der Waals surface area (Å²) in [7, 11) is 0. The second-order valence-corrected chi connectivity index (χ2v) is 8.93. The number of likely N-dealkylation sites (tertiary alicyclic amines) is 1. The van der Waals surface area contributed by atoms with Gasteiger partial charge in [-0.15, -0.1) is 0 Å². The molecule has 1 atom stereocenters. The van der Waals surface area contributed by atoms with Crippen molar-refractivity contribution in [3.8, 4) is 5.75 Å². The van der Waals surface area contributed by atoms with Crippen LogP contribution >= 0.6 is 0 Å². The minimum atomic E-state index is -0.418. The standard InChI is InChI=1S/C26H33N3O3/c1-19-7-9-21(10-8-19)18-29-16-13-27-26(31)23(29)17-25(30)28-14-11-22(12-15-28)32-24-6-4-3-5-20(24)2/h3-10,22-23H,11-18H2,1-2H3,(H,27,31). The Morgan fingerprint density at radius 3 is 2.47 bits per heavy atom. The molecule has 2 saturated heterocycles. The molecule has 1 unspecified atom stereocenters. The van der Waals surface area contributed by atoms with Crippen molar-refractivity contribution in [3.05, 3.63) is 65.2 Å². The average Bonchev–Trinajstić information content (AvgIpc) is 2.79. The van der Waals surface area contributed by atoms with Gasteiger partial charge in [0, 0.05) is 45.6 Å². The third-order valence-electron chi connectivity index (χ3n) is 6.50. The maximum atomic E-state index is 13.1. The molecule has 6 nitrogen and oxygen atoms in total. The Kier molecular flexibility index (Phi) is 7.10. The summed E-state index contributed by atoms with van der Waals surface area (Å²) in [6, 6.07) is 16.0. The third-order valence-corrected chi connectivity index (χ3v) is 6.50. The van der Waals surface area contributed by atoms with E-state index in [0.29, 0.717) is 26.2 Å². The van der Waals surface area contributed by atoms with Crippen LogP contribution in [0.5, 0.6) is 5.75 Å². The predicted molar refractivity (Wildman–Crippen MR) is 124 cm³/mol. The number of carbonyl (C=O) groups is 2. The van der Waals surface area contributed by atoms with Gasteiger partial charge in [0.25, 0.3) is 0 Å². The van der Waals surface area contributed by atoms with Crippen LogP contribution < -0.4 is 10.1 Å². The minimum absolute atomic E-state index is 0.0468. The summed E-state index contributed by atoms with van der Waals surface area (Å²) >= 11 is 0. The number of hydrogen-bond acceptors (Lipinski definition) is 4. The molecular formula is C26H33N3O3. The van der Waals surface area contributed by atoms with E-state index in [-0.39, 0.29) is 24.3 Å².